The van der Waals surface area contributed by atoms with E-state index in [2.05, 4.69) is 12.2 Å². The predicted molar refractivity (Wildman–Crippen MR) is 74.9 cm³/mol. The van der Waals surface area contributed by atoms with Gasteiger partial charge < -0.3 is 19.5 Å². The van der Waals surface area contributed by atoms with Crippen molar-refractivity contribution in [1.29, 1.82) is 0 Å². The highest BCUT2D eigenvalue weighted by molar-refractivity contribution is 5.33. The molecule has 0 saturated heterocycles. The second-order valence-corrected chi connectivity index (χ2v) is 4.80. The Balaban J connectivity index is 1.94. The third-order valence-corrected chi connectivity index (χ3v) is 3.46. The fourth-order valence-corrected chi connectivity index (χ4v) is 2.31. The quantitative estimate of drug-likeness (QED) is 0.820. The minimum absolute atomic E-state index is 0.121. The molecule has 4 heteroatoms. The Bertz CT molecular complexity index is 397. The van der Waals surface area contributed by atoms with E-state index in [1.807, 2.05) is 31.3 Å². The van der Waals surface area contributed by atoms with Gasteiger partial charge in [-0.05, 0) is 25.6 Å². The van der Waals surface area contributed by atoms with Gasteiger partial charge >= 0.3 is 0 Å². The van der Waals surface area contributed by atoms with Crippen molar-refractivity contribution in [2.75, 3.05) is 20.8 Å². The zero-order valence-electron chi connectivity index (χ0n) is 11.9. The van der Waals surface area contributed by atoms with Crippen molar-refractivity contribution in [1.82, 2.24) is 5.32 Å². The maximum absolute atomic E-state index is 5.99. The number of methoxy groups -OCH3 is 1. The summed E-state index contributed by atoms with van der Waals surface area (Å²) >= 11 is 0. The topological polar surface area (TPSA) is 39.7 Å². The van der Waals surface area contributed by atoms with Crippen molar-refractivity contribution >= 4 is 0 Å². The molecule has 0 radical (unpaired) electrons. The van der Waals surface area contributed by atoms with E-state index in [0.717, 1.165) is 30.9 Å². The molecule has 0 spiro atoms. The molecule has 0 aromatic heterocycles. The number of nitrogens with one attached hydrogen (secondary N) is 1. The van der Waals surface area contributed by atoms with Gasteiger partial charge in [-0.25, -0.2) is 0 Å². The highest BCUT2D eigenvalue weighted by atomic mass is 16.5. The molecule has 1 aliphatic carbocycles. The number of rotatable bonds is 7. The van der Waals surface area contributed by atoms with Crippen LogP contribution >= 0.6 is 0 Å². The molecule has 1 aromatic rings. The van der Waals surface area contributed by atoms with Gasteiger partial charge in [-0.15, -0.1) is 0 Å². The Labute approximate surface area is 115 Å². The van der Waals surface area contributed by atoms with Crippen LogP contribution in [0.1, 0.15) is 19.8 Å². The van der Waals surface area contributed by atoms with Crippen LogP contribution in [-0.4, -0.2) is 39.0 Å². The Kier molecular flexibility index (Phi) is 5.05. The third-order valence-electron chi connectivity index (χ3n) is 3.46. The number of hydrogen-bond donors (Lipinski definition) is 1. The SMILES string of the molecule is CCCOC1C(NC)CC1Oc1cccc(OC)c1. The van der Waals surface area contributed by atoms with Crippen molar-refractivity contribution < 1.29 is 14.2 Å². The highest BCUT2D eigenvalue weighted by Gasteiger charge is 2.42. The van der Waals surface area contributed by atoms with Gasteiger partial charge in [-0.3, -0.25) is 0 Å². The van der Waals surface area contributed by atoms with Crippen LogP contribution < -0.4 is 14.8 Å². The Morgan fingerprint density at radius 1 is 1.32 bits per heavy atom. The van der Waals surface area contributed by atoms with Crippen LogP contribution in [0.25, 0.3) is 0 Å². The van der Waals surface area contributed by atoms with E-state index in [0.29, 0.717) is 6.04 Å². The molecule has 19 heavy (non-hydrogen) atoms. The molecule has 1 aromatic carbocycles. The van der Waals surface area contributed by atoms with Crippen LogP contribution in [0.2, 0.25) is 0 Å². The zero-order valence-corrected chi connectivity index (χ0v) is 11.9. The zero-order chi connectivity index (χ0) is 13.7. The average Bonchev–Trinajstić information content (AvgIpc) is 2.43. The largest absolute Gasteiger partial charge is 0.497 e. The van der Waals surface area contributed by atoms with E-state index in [9.17, 15) is 0 Å². The van der Waals surface area contributed by atoms with Gasteiger partial charge in [0.15, 0.2) is 0 Å². The summed E-state index contributed by atoms with van der Waals surface area (Å²) in [7, 11) is 3.63. The fraction of sp³-hybridized carbons (Fsp3) is 0.600. The maximum Gasteiger partial charge on any atom is 0.128 e. The van der Waals surface area contributed by atoms with Gasteiger partial charge in [-0.2, -0.15) is 0 Å². The summed E-state index contributed by atoms with van der Waals surface area (Å²) < 4.78 is 17.0. The molecule has 0 amide bonds. The molecule has 4 nitrogen and oxygen atoms in total. The molecular weight excluding hydrogens is 242 g/mol. The first-order valence-corrected chi connectivity index (χ1v) is 6.88. The number of likely N-dealkylation sites (N-methyl/N-ethyl adjacent to an activating group) is 1. The summed E-state index contributed by atoms with van der Waals surface area (Å²) in [6, 6.07) is 8.09. The molecule has 0 aliphatic heterocycles. The molecular formula is C15H23NO3. The smallest absolute Gasteiger partial charge is 0.128 e. The van der Waals surface area contributed by atoms with Crippen molar-refractivity contribution in [2.24, 2.45) is 0 Å². The van der Waals surface area contributed by atoms with Crippen LogP contribution in [0.15, 0.2) is 24.3 Å². The number of hydrogen-bond acceptors (Lipinski definition) is 4. The van der Waals surface area contributed by atoms with Crippen LogP contribution in [0.4, 0.5) is 0 Å². The van der Waals surface area contributed by atoms with Crippen molar-refractivity contribution in [3.8, 4) is 11.5 Å². The summed E-state index contributed by atoms with van der Waals surface area (Å²) in [5, 5.41) is 3.27. The fourth-order valence-electron chi connectivity index (χ4n) is 2.31. The number of ether oxygens (including phenoxy) is 3. The molecule has 1 N–H and O–H groups in total. The summed E-state index contributed by atoms with van der Waals surface area (Å²) in [4.78, 5) is 0. The Morgan fingerprint density at radius 2 is 2.11 bits per heavy atom. The third kappa shape index (κ3) is 3.39. The first kappa shape index (κ1) is 14.2. The van der Waals surface area contributed by atoms with E-state index in [4.69, 9.17) is 14.2 Å². The maximum atomic E-state index is 5.99. The van der Waals surface area contributed by atoms with Gasteiger partial charge in [0, 0.05) is 25.1 Å². The first-order chi connectivity index (χ1) is 9.28. The Hall–Kier alpha value is -1.26. The van der Waals surface area contributed by atoms with Crippen LogP contribution in [-0.2, 0) is 4.74 Å². The minimum atomic E-state index is 0.121. The second-order valence-electron chi connectivity index (χ2n) is 4.80. The first-order valence-electron chi connectivity index (χ1n) is 6.88. The van der Waals surface area contributed by atoms with Crippen LogP contribution in [0.5, 0.6) is 11.5 Å². The van der Waals surface area contributed by atoms with Crippen molar-refractivity contribution in [3.63, 3.8) is 0 Å². The molecule has 1 fully saturated rings. The summed E-state index contributed by atoms with van der Waals surface area (Å²) in [6.07, 6.45) is 2.26. The van der Waals surface area contributed by atoms with Crippen LogP contribution in [0.3, 0.4) is 0 Å². The van der Waals surface area contributed by atoms with Gasteiger partial charge in [0.2, 0.25) is 0 Å². The lowest BCUT2D eigenvalue weighted by Crippen LogP contribution is -2.60. The van der Waals surface area contributed by atoms with E-state index in [1.165, 1.54) is 0 Å². The van der Waals surface area contributed by atoms with E-state index in [-0.39, 0.29) is 12.2 Å². The standard InChI is InChI=1S/C15H23NO3/c1-4-8-18-15-13(16-2)10-14(15)19-12-7-5-6-11(9-12)17-3/h5-7,9,13-16H,4,8,10H2,1-3H3. The second kappa shape index (κ2) is 6.78. The summed E-state index contributed by atoms with van der Waals surface area (Å²) in [5.41, 5.74) is 0. The summed E-state index contributed by atoms with van der Waals surface area (Å²) in [5.74, 6) is 1.65. The van der Waals surface area contributed by atoms with E-state index >= 15 is 0 Å². The lowest BCUT2D eigenvalue weighted by Gasteiger charge is -2.43. The predicted octanol–water partition coefficient (Wildman–Crippen LogP) is 2.23. The van der Waals surface area contributed by atoms with Crippen molar-refractivity contribution in [3.05, 3.63) is 24.3 Å². The molecule has 3 unspecified atom stereocenters. The number of benzene rings is 1. The Morgan fingerprint density at radius 3 is 2.79 bits per heavy atom. The van der Waals surface area contributed by atoms with E-state index < -0.39 is 0 Å². The van der Waals surface area contributed by atoms with Crippen LogP contribution in [0, 0.1) is 0 Å². The van der Waals surface area contributed by atoms with Gasteiger partial charge in [0.25, 0.3) is 0 Å². The minimum Gasteiger partial charge on any atom is -0.497 e. The summed E-state index contributed by atoms with van der Waals surface area (Å²) in [6.45, 7) is 2.89. The normalized spacial score (nSPS) is 25.7. The molecule has 2 rings (SSSR count). The molecule has 106 valence electrons. The van der Waals surface area contributed by atoms with Gasteiger partial charge in [0.05, 0.1) is 7.11 Å². The monoisotopic (exact) mass is 265 g/mol. The average molecular weight is 265 g/mol. The lowest BCUT2D eigenvalue weighted by molar-refractivity contribution is -0.106. The van der Waals surface area contributed by atoms with E-state index in [1.54, 1.807) is 7.11 Å². The van der Waals surface area contributed by atoms with Gasteiger partial charge in [0.1, 0.15) is 23.7 Å². The van der Waals surface area contributed by atoms with Crippen molar-refractivity contribution in [2.45, 2.75) is 38.0 Å². The lowest BCUT2D eigenvalue weighted by atomic mass is 9.85. The molecule has 1 aliphatic rings. The molecule has 1 saturated carbocycles. The van der Waals surface area contributed by atoms with Gasteiger partial charge in [-0.1, -0.05) is 13.0 Å². The molecule has 0 heterocycles. The highest BCUT2D eigenvalue weighted by Crippen LogP contribution is 2.30. The molecule has 3 atom stereocenters. The molecule has 0 bridgehead atoms.